The molecule has 3 aromatic rings. The van der Waals surface area contributed by atoms with E-state index in [-0.39, 0.29) is 6.10 Å². The molecule has 0 atom stereocenters. The van der Waals surface area contributed by atoms with E-state index in [2.05, 4.69) is 26.3 Å². The van der Waals surface area contributed by atoms with Crippen LogP contribution in [0.5, 0.6) is 11.6 Å². The van der Waals surface area contributed by atoms with Crippen molar-refractivity contribution in [1.29, 1.82) is 0 Å². The molecule has 6 nitrogen and oxygen atoms in total. The molecule has 0 radical (unpaired) electrons. The van der Waals surface area contributed by atoms with Crippen molar-refractivity contribution in [3.8, 4) is 22.9 Å². The molecule has 2 heterocycles. The number of rotatable bonds is 7. The van der Waals surface area contributed by atoms with Crippen LogP contribution in [0.15, 0.2) is 55.0 Å². The van der Waals surface area contributed by atoms with Crippen molar-refractivity contribution < 1.29 is 9.47 Å². The zero-order chi connectivity index (χ0) is 18.4. The predicted molar refractivity (Wildman–Crippen MR) is 101 cm³/mol. The van der Waals surface area contributed by atoms with Crippen LogP contribution in [0.3, 0.4) is 0 Å². The van der Waals surface area contributed by atoms with Crippen molar-refractivity contribution in [2.75, 3.05) is 12.4 Å². The van der Waals surface area contributed by atoms with E-state index in [0.717, 1.165) is 28.4 Å². The minimum absolute atomic E-state index is 0.153. The molecule has 0 bridgehead atoms. The van der Waals surface area contributed by atoms with Crippen LogP contribution in [0.1, 0.15) is 19.4 Å². The Morgan fingerprint density at radius 3 is 2.65 bits per heavy atom. The molecular weight excluding hydrogens is 328 g/mol. The number of ether oxygens (including phenoxy) is 2. The molecule has 6 heteroatoms. The van der Waals surface area contributed by atoms with Gasteiger partial charge in [-0.1, -0.05) is 12.1 Å². The third-order valence-corrected chi connectivity index (χ3v) is 3.65. The van der Waals surface area contributed by atoms with Crippen LogP contribution < -0.4 is 14.8 Å². The smallest absolute Gasteiger partial charge is 0.212 e. The lowest BCUT2D eigenvalue weighted by atomic mass is 10.2. The Balaban J connectivity index is 1.69. The number of pyridine rings is 1. The zero-order valence-electron chi connectivity index (χ0n) is 15.1. The van der Waals surface area contributed by atoms with Gasteiger partial charge >= 0.3 is 0 Å². The van der Waals surface area contributed by atoms with Gasteiger partial charge < -0.3 is 14.8 Å². The van der Waals surface area contributed by atoms with Crippen molar-refractivity contribution >= 4 is 5.82 Å². The van der Waals surface area contributed by atoms with Crippen LogP contribution in [0.2, 0.25) is 0 Å². The molecule has 0 amide bonds. The number of anilines is 1. The number of methoxy groups -OCH3 is 1. The highest BCUT2D eigenvalue weighted by Crippen LogP contribution is 2.21. The van der Waals surface area contributed by atoms with Gasteiger partial charge in [-0.05, 0) is 37.6 Å². The van der Waals surface area contributed by atoms with Crippen molar-refractivity contribution in [2.24, 2.45) is 0 Å². The highest BCUT2D eigenvalue weighted by Gasteiger charge is 2.04. The fourth-order valence-corrected chi connectivity index (χ4v) is 2.46. The fourth-order valence-electron chi connectivity index (χ4n) is 2.46. The van der Waals surface area contributed by atoms with Crippen LogP contribution in [0.4, 0.5) is 5.82 Å². The molecule has 1 N–H and O–H groups in total. The molecule has 0 spiro atoms. The van der Waals surface area contributed by atoms with Crippen molar-refractivity contribution in [3.63, 3.8) is 0 Å². The maximum absolute atomic E-state index is 5.73. The summed E-state index contributed by atoms with van der Waals surface area (Å²) in [5, 5.41) is 3.32. The maximum atomic E-state index is 5.73. The lowest BCUT2D eigenvalue weighted by molar-refractivity contribution is 0.242. The van der Waals surface area contributed by atoms with Gasteiger partial charge in [0.25, 0.3) is 0 Å². The summed E-state index contributed by atoms with van der Waals surface area (Å²) in [5.41, 5.74) is 2.83. The molecule has 0 aliphatic heterocycles. The van der Waals surface area contributed by atoms with Gasteiger partial charge in [0.05, 0.1) is 18.9 Å². The van der Waals surface area contributed by atoms with E-state index in [4.69, 9.17) is 9.47 Å². The van der Waals surface area contributed by atoms with E-state index in [1.165, 1.54) is 0 Å². The molecule has 0 aliphatic carbocycles. The Kier molecular flexibility index (Phi) is 5.63. The van der Waals surface area contributed by atoms with Crippen LogP contribution in [0, 0.1) is 0 Å². The summed E-state index contributed by atoms with van der Waals surface area (Å²) in [6.45, 7) is 4.68. The molecule has 3 rings (SSSR count). The number of hydrogen-bond donors (Lipinski definition) is 1. The summed E-state index contributed by atoms with van der Waals surface area (Å²) in [7, 11) is 1.59. The molecule has 134 valence electrons. The summed E-state index contributed by atoms with van der Waals surface area (Å²) >= 11 is 0. The second kappa shape index (κ2) is 8.29. The van der Waals surface area contributed by atoms with Crippen LogP contribution in [-0.2, 0) is 6.54 Å². The highest BCUT2D eigenvalue weighted by molar-refractivity contribution is 5.61. The first-order valence-electron chi connectivity index (χ1n) is 8.46. The van der Waals surface area contributed by atoms with Gasteiger partial charge in [-0.3, -0.25) is 0 Å². The van der Waals surface area contributed by atoms with Gasteiger partial charge in [-0.25, -0.2) is 15.0 Å². The number of nitrogens with zero attached hydrogens (tertiary/aromatic N) is 3. The molecule has 2 aromatic heterocycles. The minimum Gasteiger partial charge on any atom is -0.491 e. The van der Waals surface area contributed by atoms with E-state index in [9.17, 15) is 0 Å². The molecule has 1 aromatic carbocycles. The molecular formula is C20H22N4O2. The topological polar surface area (TPSA) is 69.2 Å². The van der Waals surface area contributed by atoms with Gasteiger partial charge in [0.2, 0.25) is 5.88 Å². The molecule has 0 unspecified atom stereocenters. The number of nitrogens with one attached hydrogen (secondary N) is 1. The van der Waals surface area contributed by atoms with E-state index in [0.29, 0.717) is 12.4 Å². The largest absolute Gasteiger partial charge is 0.491 e. The van der Waals surface area contributed by atoms with E-state index in [1.54, 1.807) is 19.6 Å². The average molecular weight is 350 g/mol. The second-order valence-corrected chi connectivity index (χ2v) is 6.05. The molecule has 0 saturated heterocycles. The van der Waals surface area contributed by atoms with E-state index < -0.39 is 0 Å². The number of benzene rings is 1. The third kappa shape index (κ3) is 4.69. The van der Waals surface area contributed by atoms with Gasteiger partial charge in [-0.15, -0.1) is 0 Å². The molecule has 26 heavy (non-hydrogen) atoms. The lowest BCUT2D eigenvalue weighted by Crippen LogP contribution is -2.06. The summed E-state index contributed by atoms with van der Waals surface area (Å²) in [6.07, 6.45) is 3.43. The number of hydrogen-bond acceptors (Lipinski definition) is 6. The monoisotopic (exact) mass is 350 g/mol. The van der Waals surface area contributed by atoms with Crippen molar-refractivity contribution in [1.82, 2.24) is 15.0 Å². The second-order valence-electron chi connectivity index (χ2n) is 6.05. The molecule has 0 aliphatic rings. The lowest BCUT2D eigenvalue weighted by Gasteiger charge is -2.12. The Morgan fingerprint density at radius 1 is 1.04 bits per heavy atom. The first kappa shape index (κ1) is 17.7. The molecule has 0 saturated carbocycles. The Labute approximate surface area is 153 Å². The first-order valence-corrected chi connectivity index (χ1v) is 8.46. The normalized spacial score (nSPS) is 10.6. The van der Waals surface area contributed by atoms with Crippen molar-refractivity contribution in [3.05, 3.63) is 60.6 Å². The van der Waals surface area contributed by atoms with Crippen LogP contribution in [0.25, 0.3) is 11.3 Å². The van der Waals surface area contributed by atoms with Crippen LogP contribution >= 0.6 is 0 Å². The summed E-state index contributed by atoms with van der Waals surface area (Å²) in [4.78, 5) is 12.8. The zero-order valence-corrected chi connectivity index (χ0v) is 15.1. The summed E-state index contributed by atoms with van der Waals surface area (Å²) in [6, 6.07) is 13.7. The summed E-state index contributed by atoms with van der Waals surface area (Å²) in [5.74, 6) is 2.19. The Bertz CT molecular complexity index is 850. The van der Waals surface area contributed by atoms with E-state index in [1.807, 2.05) is 50.2 Å². The van der Waals surface area contributed by atoms with E-state index >= 15 is 0 Å². The van der Waals surface area contributed by atoms with Gasteiger partial charge in [0.15, 0.2) is 0 Å². The Hall–Kier alpha value is -3.15. The highest BCUT2D eigenvalue weighted by atomic mass is 16.5. The quantitative estimate of drug-likeness (QED) is 0.696. The van der Waals surface area contributed by atoms with Gasteiger partial charge in [-0.2, -0.15) is 0 Å². The first-order chi connectivity index (χ1) is 12.6. The summed E-state index contributed by atoms with van der Waals surface area (Å²) < 4.78 is 10.8. The van der Waals surface area contributed by atoms with Gasteiger partial charge in [0.1, 0.15) is 17.9 Å². The molecule has 0 fully saturated rings. The predicted octanol–water partition coefficient (Wildman–Crippen LogP) is 3.95. The Morgan fingerprint density at radius 2 is 1.92 bits per heavy atom. The fraction of sp³-hybridized carbons (Fsp3) is 0.250. The number of aromatic nitrogens is 3. The SMILES string of the molecule is COc1ccc(-c2cc(NCc3cccc(OC(C)C)c3)ncn2)cn1. The van der Waals surface area contributed by atoms with Gasteiger partial charge in [0, 0.05) is 30.4 Å². The third-order valence-electron chi connectivity index (χ3n) is 3.65. The van der Waals surface area contributed by atoms with Crippen LogP contribution in [-0.4, -0.2) is 28.2 Å². The standard InChI is InChI=1S/C20H22N4O2/c1-14(2)26-17-6-4-5-15(9-17)11-21-19-10-18(23-13-24-19)16-7-8-20(25-3)22-12-16/h4-10,12-14H,11H2,1-3H3,(H,21,23,24). The average Bonchev–Trinajstić information content (AvgIpc) is 2.66. The maximum Gasteiger partial charge on any atom is 0.212 e. The van der Waals surface area contributed by atoms with Crippen molar-refractivity contribution in [2.45, 2.75) is 26.5 Å². The minimum atomic E-state index is 0.153.